The summed E-state index contributed by atoms with van der Waals surface area (Å²) in [5, 5.41) is 9.07. The fourth-order valence-corrected chi connectivity index (χ4v) is 3.53. The molecular weight excluding hydrogens is 347 g/mol. The fourth-order valence-electron chi connectivity index (χ4n) is 1.77. The summed E-state index contributed by atoms with van der Waals surface area (Å²) in [6, 6.07) is 10.4. The molecule has 20 heavy (non-hydrogen) atoms. The van der Waals surface area contributed by atoms with Gasteiger partial charge < -0.3 is 5.11 Å². The lowest BCUT2D eigenvalue weighted by molar-refractivity contribution is 0.0693. The van der Waals surface area contributed by atoms with Crippen molar-refractivity contribution in [1.82, 2.24) is 0 Å². The standard InChI is InChI=1S/C14H10BrFO3S/c15-10-5-9(6-11(16)7-10)8-20(19)13-4-2-1-3-12(13)14(17)18/h1-7H,8H2,(H,17,18). The summed E-state index contributed by atoms with van der Waals surface area (Å²) in [6.07, 6.45) is 0. The average molecular weight is 357 g/mol. The Labute approximate surface area is 126 Å². The minimum atomic E-state index is -1.55. The first kappa shape index (κ1) is 14.9. The largest absolute Gasteiger partial charge is 0.478 e. The van der Waals surface area contributed by atoms with Gasteiger partial charge in [0, 0.05) is 4.47 Å². The molecule has 3 nitrogen and oxygen atoms in total. The van der Waals surface area contributed by atoms with Crippen molar-refractivity contribution in [2.24, 2.45) is 0 Å². The maximum absolute atomic E-state index is 13.3. The number of halogens is 2. The van der Waals surface area contributed by atoms with Crippen molar-refractivity contribution < 1.29 is 18.5 Å². The van der Waals surface area contributed by atoms with Gasteiger partial charge in [-0.05, 0) is 35.9 Å². The number of hydrogen-bond donors (Lipinski definition) is 1. The van der Waals surface area contributed by atoms with E-state index >= 15 is 0 Å². The second-order valence-electron chi connectivity index (χ2n) is 4.07. The van der Waals surface area contributed by atoms with Crippen LogP contribution in [0.15, 0.2) is 51.8 Å². The lowest BCUT2D eigenvalue weighted by Gasteiger charge is -2.07. The number of rotatable bonds is 4. The Morgan fingerprint density at radius 2 is 1.95 bits per heavy atom. The third-order valence-corrected chi connectivity index (χ3v) is 4.48. The van der Waals surface area contributed by atoms with Gasteiger partial charge in [0.05, 0.1) is 27.0 Å². The first-order chi connectivity index (χ1) is 9.47. The molecule has 6 heteroatoms. The first-order valence-electron chi connectivity index (χ1n) is 5.63. The van der Waals surface area contributed by atoms with Crippen LogP contribution < -0.4 is 0 Å². The molecule has 2 aromatic rings. The Bertz CT molecular complexity index is 668. The van der Waals surface area contributed by atoms with E-state index in [0.29, 0.717) is 10.0 Å². The van der Waals surface area contributed by atoms with E-state index in [9.17, 15) is 13.4 Å². The molecule has 0 fully saturated rings. The molecule has 0 heterocycles. The Hall–Kier alpha value is -1.53. The van der Waals surface area contributed by atoms with Crippen molar-refractivity contribution >= 4 is 32.7 Å². The molecule has 1 N–H and O–H groups in total. The van der Waals surface area contributed by atoms with Crippen LogP contribution in [-0.2, 0) is 16.6 Å². The van der Waals surface area contributed by atoms with Gasteiger partial charge in [-0.15, -0.1) is 0 Å². The van der Waals surface area contributed by atoms with Gasteiger partial charge >= 0.3 is 5.97 Å². The third-order valence-electron chi connectivity index (χ3n) is 2.58. The topological polar surface area (TPSA) is 54.4 Å². The van der Waals surface area contributed by atoms with Gasteiger partial charge in [-0.3, -0.25) is 4.21 Å². The summed E-state index contributed by atoms with van der Waals surface area (Å²) in [4.78, 5) is 11.3. The predicted molar refractivity (Wildman–Crippen MR) is 77.6 cm³/mol. The molecule has 2 aromatic carbocycles. The minimum absolute atomic E-state index is 0.00121. The van der Waals surface area contributed by atoms with Crippen LogP contribution in [0.2, 0.25) is 0 Å². The maximum Gasteiger partial charge on any atom is 0.336 e. The van der Waals surface area contributed by atoms with Gasteiger partial charge in [0.15, 0.2) is 0 Å². The molecule has 0 saturated carbocycles. The minimum Gasteiger partial charge on any atom is -0.478 e. The molecule has 2 rings (SSSR count). The summed E-state index contributed by atoms with van der Waals surface area (Å²) in [7, 11) is -1.55. The fraction of sp³-hybridized carbons (Fsp3) is 0.0714. The lowest BCUT2D eigenvalue weighted by atomic mass is 10.2. The van der Waals surface area contributed by atoms with Crippen LogP contribution in [0.3, 0.4) is 0 Å². The van der Waals surface area contributed by atoms with E-state index in [1.807, 2.05) is 0 Å². The highest BCUT2D eigenvalue weighted by Crippen LogP contribution is 2.20. The zero-order chi connectivity index (χ0) is 14.7. The van der Waals surface area contributed by atoms with E-state index in [2.05, 4.69) is 15.9 Å². The molecule has 1 atom stereocenters. The number of benzene rings is 2. The van der Waals surface area contributed by atoms with Gasteiger partial charge in [0.1, 0.15) is 5.82 Å². The summed E-state index contributed by atoms with van der Waals surface area (Å²) >= 11 is 3.16. The molecule has 0 bridgehead atoms. The van der Waals surface area contributed by atoms with Crippen molar-refractivity contribution in [2.75, 3.05) is 0 Å². The Morgan fingerprint density at radius 1 is 1.25 bits per heavy atom. The smallest absolute Gasteiger partial charge is 0.336 e. The SMILES string of the molecule is O=C(O)c1ccccc1S(=O)Cc1cc(F)cc(Br)c1. The monoisotopic (exact) mass is 356 g/mol. The highest BCUT2D eigenvalue weighted by atomic mass is 79.9. The van der Waals surface area contributed by atoms with Gasteiger partial charge in [0.2, 0.25) is 0 Å². The normalized spacial score (nSPS) is 12.1. The molecular formula is C14H10BrFO3S. The van der Waals surface area contributed by atoms with Crippen LogP contribution in [0, 0.1) is 5.82 Å². The van der Waals surface area contributed by atoms with Gasteiger partial charge in [-0.25, -0.2) is 9.18 Å². The molecule has 0 aromatic heterocycles. The van der Waals surface area contributed by atoms with Crippen molar-refractivity contribution in [3.63, 3.8) is 0 Å². The molecule has 104 valence electrons. The molecule has 0 radical (unpaired) electrons. The molecule has 0 amide bonds. The van der Waals surface area contributed by atoms with E-state index in [1.165, 1.54) is 24.3 Å². The summed E-state index contributed by atoms with van der Waals surface area (Å²) in [5.74, 6) is -1.51. The zero-order valence-electron chi connectivity index (χ0n) is 10.2. The van der Waals surface area contributed by atoms with Crippen molar-refractivity contribution in [3.05, 3.63) is 63.9 Å². The van der Waals surface area contributed by atoms with Crippen LogP contribution in [0.1, 0.15) is 15.9 Å². The van der Waals surface area contributed by atoms with Crippen molar-refractivity contribution in [3.8, 4) is 0 Å². The number of carboxylic acid groups (broad SMARTS) is 1. The van der Waals surface area contributed by atoms with Gasteiger partial charge in [-0.1, -0.05) is 28.1 Å². The molecule has 0 saturated heterocycles. The zero-order valence-corrected chi connectivity index (χ0v) is 12.6. The second-order valence-corrected chi connectivity index (χ2v) is 6.40. The quantitative estimate of drug-likeness (QED) is 0.910. The van der Waals surface area contributed by atoms with E-state index in [0.717, 1.165) is 0 Å². The van der Waals surface area contributed by atoms with E-state index in [1.54, 1.807) is 18.2 Å². The highest BCUT2D eigenvalue weighted by Gasteiger charge is 2.15. The summed E-state index contributed by atoms with van der Waals surface area (Å²) < 4.78 is 26.1. The van der Waals surface area contributed by atoms with E-state index in [4.69, 9.17) is 5.11 Å². The van der Waals surface area contributed by atoms with Gasteiger partial charge in [-0.2, -0.15) is 0 Å². The van der Waals surface area contributed by atoms with Crippen molar-refractivity contribution in [2.45, 2.75) is 10.6 Å². The molecule has 1 unspecified atom stereocenters. The molecule has 0 spiro atoms. The predicted octanol–water partition coefficient (Wildman–Crippen LogP) is 3.59. The molecule has 0 aliphatic carbocycles. The van der Waals surface area contributed by atoms with Crippen LogP contribution in [0.25, 0.3) is 0 Å². The van der Waals surface area contributed by atoms with Crippen LogP contribution in [-0.4, -0.2) is 15.3 Å². The Morgan fingerprint density at radius 3 is 2.60 bits per heavy atom. The number of hydrogen-bond acceptors (Lipinski definition) is 2. The molecule has 0 aliphatic heterocycles. The Balaban J connectivity index is 2.31. The lowest BCUT2D eigenvalue weighted by Crippen LogP contribution is -2.05. The van der Waals surface area contributed by atoms with Crippen LogP contribution in [0.5, 0.6) is 0 Å². The van der Waals surface area contributed by atoms with E-state index in [-0.39, 0.29) is 16.2 Å². The number of carbonyl (C=O) groups is 1. The van der Waals surface area contributed by atoms with Crippen LogP contribution >= 0.6 is 15.9 Å². The number of carboxylic acids is 1. The van der Waals surface area contributed by atoms with Crippen LogP contribution in [0.4, 0.5) is 4.39 Å². The first-order valence-corrected chi connectivity index (χ1v) is 7.74. The average Bonchev–Trinajstić information content (AvgIpc) is 2.37. The summed E-state index contributed by atoms with van der Waals surface area (Å²) in [5.41, 5.74) is 0.539. The Kier molecular flexibility index (Phi) is 4.67. The third kappa shape index (κ3) is 3.52. The molecule has 0 aliphatic rings. The van der Waals surface area contributed by atoms with E-state index < -0.39 is 22.6 Å². The highest BCUT2D eigenvalue weighted by molar-refractivity contribution is 9.10. The maximum atomic E-state index is 13.3. The summed E-state index contributed by atoms with van der Waals surface area (Å²) in [6.45, 7) is 0. The van der Waals surface area contributed by atoms with Crippen molar-refractivity contribution in [1.29, 1.82) is 0 Å². The van der Waals surface area contributed by atoms with Gasteiger partial charge in [0.25, 0.3) is 0 Å². The number of aromatic carboxylic acids is 1. The second kappa shape index (κ2) is 6.28.